The van der Waals surface area contributed by atoms with Crippen molar-refractivity contribution in [3.63, 3.8) is 0 Å². The second kappa shape index (κ2) is 7.44. The predicted molar refractivity (Wildman–Crippen MR) is 95.3 cm³/mol. The van der Waals surface area contributed by atoms with E-state index in [1.54, 1.807) is 0 Å². The first-order valence-electron chi connectivity index (χ1n) is 9.61. The molecule has 4 rings (SSSR count). The van der Waals surface area contributed by atoms with Gasteiger partial charge in [-0.2, -0.15) is 0 Å². The molecule has 2 heterocycles. The molecule has 1 aromatic rings. The summed E-state index contributed by atoms with van der Waals surface area (Å²) in [4.78, 5) is 17.3. The molecule has 1 N–H and O–H groups in total. The van der Waals surface area contributed by atoms with Crippen LogP contribution in [0.3, 0.4) is 0 Å². The second-order valence-corrected chi connectivity index (χ2v) is 7.47. The molecule has 1 amide bonds. The zero-order chi connectivity index (χ0) is 17.2. The quantitative estimate of drug-likeness (QED) is 0.908. The van der Waals surface area contributed by atoms with E-state index in [-0.39, 0.29) is 30.7 Å². The van der Waals surface area contributed by atoms with E-state index in [2.05, 4.69) is 21.9 Å². The maximum absolute atomic E-state index is 13.0. The largest absolute Gasteiger partial charge is 0.394 e. The second-order valence-electron chi connectivity index (χ2n) is 7.47. The summed E-state index contributed by atoms with van der Waals surface area (Å²) < 4.78 is 5.89. The molecule has 136 valence electrons. The zero-order valence-electron chi connectivity index (χ0n) is 14.8. The minimum Gasteiger partial charge on any atom is -0.394 e. The summed E-state index contributed by atoms with van der Waals surface area (Å²) in [6.45, 7) is 2.63. The van der Waals surface area contributed by atoms with Crippen LogP contribution in [-0.4, -0.2) is 65.8 Å². The van der Waals surface area contributed by atoms with Crippen LogP contribution in [0.5, 0.6) is 0 Å². The molecular formula is C20H28N2O3. The van der Waals surface area contributed by atoms with Gasteiger partial charge in [0.05, 0.1) is 37.9 Å². The molecule has 1 saturated heterocycles. The van der Waals surface area contributed by atoms with E-state index in [1.165, 1.54) is 24.0 Å². The minimum atomic E-state index is -0.0721. The fourth-order valence-electron chi connectivity index (χ4n) is 4.78. The highest BCUT2D eigenvalue weighted by molar-refractivity contribution is 5.79. The SMILES string of the molecule is O=C(CN1CCc2ccccc2C1CO)N1CCOC2CCCCC21. The Morgan fingerprint density at radius 1 is 1.20 bits per heavy atom. The van der Waals surface area contributed by atoms with E-state index in [0.717, 1.165) is 25.8 Å². The van der Waals surface area contributed by atoms with Gasteiger partial charge in [0.25, 0.3) is 0 Å². The number of carbonyl (C=O) groups is 1. The standard InChI is InChI=1S/C20H28N2O3/c23-14-18-16-6-2-1-5-15(16)9-10-21(18)13-20(24)22-11-12-25-19-8-4-3-7-17(19)22/h1-2,5-6,17-19,23H,3-4,7-14H2. The van der Waals surface area contributed by atoms with Crippen LogP contribution in [0.1, 0.15) is 42.9 Å². The topological polar surface area (TPSA) is 53.0 Å². The van der Waals surface area contributed by atoms with Crippen molar-refractivity contribution < 1.29 is 14.6 Å². The Kier molecular flexibility index (Phi) is 5.06. The number of aliphatic hydroxyl groups is 1. The van der Waals surface area contributed by atoms with Crippen LogP contribution in [-0.2, 0) is 16.0 Å². The molecule has 25 heavy (non-hydrogen) atoms. The summed E-state index contributed by atoms with van der Waals surface area (Å²) in [7, 11) is 0. The lowest BCUT2D eigenvalue weighted by Crippen LogP contribution is -2.57. The van der Waals surface area contributed by atoms with Crippen LogP contribution in [0.4, 0.5) is 0 Å². The molecule has 0 spiro atoms. The monoisotopic (exact) mass is 344 g/mol. The van der Waals surface area contributed by atoms with Crippen LogP contribution in [0.15, 0.2) is 24.3 Å². The normalized spacial score (nSPS) is 29.8. The molecule has 0 bridgehead atoms. The van der Waals surface area contributed by atoms with Gasteiger partial charge in [0.2, 0.25) is 5.91 Å². The van der Waals surface area contributed by atoms with Gasteiger partial charge < -0.3 is 14.7 Å². The highest BCUT2D eigenvalue weighted by atomic mass is 16.5. The smallest absolute Gasteiger partial charge is 0.237 e. The van der Waals surface area contributed by atoms with Crippen molar-refractivity contribution in [3.8, 4) is 0 Å². The van der Waals surface area contributed by atoms with Gasteiger partial charge in [-0.25, -0.2) is 0 Å². The number of rotatable bonds is 3. The van der Waals surface area contributed by atoms with E-state index >= 15 is 0 Å². The first-order valence-corrected chi connectivity index (χ1v) is 9.61. The molecule has 2 fully saturated rings. The Morgan fingerprint density at radius 3 is 2.92 bits per heavy atom. The number of benzene rings is 1. The summed E-state index contributed by atoms with van der Waals surface area (Å²) >= 11 is 0. The van der Waals surface area contributed by atoms with Gasteiger partial charge in [-0.1, -0.05) is 37.1 Å². The molecular weight excluding hydrogens is 316 g/mol. The zero-order valence-corrected chi connectivity index (χ0v) is 14.8. The van der Waals surface area contributed by atoms with Crippen molar-refractivity contribution in [3.05, 3.63) is 35.4 Å². The summed E-state index contributed by atoms with van der Waals surface area (Å²) in [5, 5.41) is 9.93. The van der Waals surface area contributed by atoms with Crippen LogP contribution in [0.25, 0.3) is 0 Å². The van der Waals surface area contributed by atoms with Crippen molar-refractivity contribution >= 4 is 5.91 Å². The van der Waals surface area contributed by atoms with Crippen molar-refractivity contribution in [1.82, 2.24) is 9.80 Å². The Balaban J connectivity index is 1.47. The first kappa shape index (κ1) is 17.0. The molecule has 0 radical (unpaired) electrons. The maximum atomic E-state index is 13.0. The lowest BCUT2D eigenvalue weighted by atomic mass is 9.90. The average molecular weight is 344 g/mol. The fraction of sp³-hybridized carbons (Fsp3) is 0.650. The number of amides is 1. The number of ether oxygens (including phenoxy) is 1. The number of fused-ring (bicyclic) bond motifs is 2. The van der Waals surface area contributed by atoms with Gasteiger partial charge in [0, 0.05) is 13.1 Å². The van der Waals surface area contributed by atoms with Crippen LogP contribution in [0, 0.1) is 0 Å². The van der Waals surface area contributed by atoms with Gasteiger partial charge in [0.1, 0.15) is 0 Å². The van der Waals surface area contributed by atoms with Gasteiger partial charge in [0.15, 0.2) is 0 Å². The molecule has 5 heteroatoms. The summed E-state index contributed by atoms with van der Waals surface area (Å²) in [5.41, 5.74) is 2.46. The first-order chi connectivity index (χ1) is 12.3. The molecule has 1 aromatic carbocycles. The highest BCUT2D eigenvalue weighted by Crippen LogP contribution is 2.31. The Hall–Kier alpha value is -1.43. The fourth-order valence-corrected chi connectivity index (χ4v) is 4.78. The molecule has 3 atom stereocenters. The van der Waals surface area contributed by atoms with E-state index in [9.17, 15) is 9.90 Å². The number of hydrogen-bond acceptors (Lipinski definition) is 4. The lowest BCUT2D eigenvalue weighted by molar-refractivity contribution is -0.151. The van der Waals surface area contributed by atoms with E-state index in [0.29, 0.717) is 19.7 Å². The van der Waals surface area contributed by atoms with Gasteiger partial charge in [-0.3, -0.25) is 9.69 Å². The molecule has 0 aromatic heterocycles. The van der Waals surface area contributed by atoms with Gasteiger partial charge in [-0.05, 0) is 30.4 Å². The van der Waals surface area contributed by atoms with Crippen LogP contribution < -0.4 is 0 Å². The van der Waals surface area contributed by atoms with E-state index < -0.39 is 0 Å². The van der Waals surface area contributed by atoms with Gasteiger partial charge >= 0.3 is 0 Å². The predicted octanol–water partition coefficient (Wildman–Crippen LogP) is 1.75. The average Bonchev–Trinajstić information content (AvgIpc) is 2.67. The van der Waals surface area contributed by atoms with E-state index in [4.69, 9.17) is 4.74 Å². The van der Waals surface area contributed by atoms with Crippen molar-refractivity contribution in [1.29, 1.82) is 0 Å². The number of morpholine rings is 1. The van der Waals surface area contributed by atoms with Crippen molar-refractivity contribution in [2.24, 2.45) is 0 Å². The molecule has 3 unspecified atom stereocenters. The Bertz CT molecular complexity index is 619. The number of nitrogens with zero attached hydrogens (tertiary/aromatic N) is 2. The summed E-state index contributed by atoms with van der Waals surface area (Å²) in [5.74, 6) is 0.193. The molecule has 1 saturated carbocycles. The third-order valence-corrected chi connectivity index (χ3v) is 6.09. The number of aliphatic hydroxyl groups excluding tert-OH is 1. The highest BCUT2D eigenvalue weighted by Gasteiger charge is 2.38. The van der Waals surface area contributed by atoms with Crippen LogP contribution >= 0.6 is 0 Å². The summed E-state index contributed by atoms with van der Waals surface area (Å²) in [6.07, 6.45) is 5.69. The maximum Gasteiger partial charge on any atom is 0.237 e. The number of carbonyl (C=O) groups excluding carboxylic acids is 1. The van der Waals surface area contributed by atoms with Crippen LogP contribution in [0.2, 0.25) is 0 Å². The third-order valence-electron chi connectivity index (χ3n) is 6.09. The molecule has 2 aliphatic heterocycles. The third kappa shape index (κ3) is 3.33. The number of hydrogen-bond donors (Lipinski definition) is 1. The lowest BCUT2D eigenvalue weighted by Gasteiger charge is -2.45. The summed E-state index contributed by atoms with van der Waals surface area (Å²) in [6, 6.07) is 8.45. The Labute approximate surface area is 149 Å². The molecule has 5 nitrogen and oxygen atoms in total. The van der Waals surface area contributed by atoms with Crippen molar-refractivity contribution in [2.75, 3.05) is 32.8 Å². The molecule has 3 aliphatic rings. The van der Waals surface area contributed by atoms with Crippen molar-refractivity contribution in [2.45, 2.75) is 50.3 Å². The van der Waals surface area contributed by atoms with E-state index in [1.807, 2.05) is 12.1 Å². The Morgan fingerprint density at radius 2 is 2.04 bits per heavy atom. The molecule has 1 aliphatic carbocycles. The minimum absolute atomic E-state index is 0.0550. The van der Waals surface area contributed by atoms with Gasteiger partial charge in [-0.15, -0.1) is 0 Å².